The number of aryl methyl sites for hydroxylation is 2. The molecule has 0 saturated heterocycles. The van der Waals surface area contributed by atoms with E-state index in [1.54, 1.807) is 30.1 Å². The first-order chi connectivity index (χ1) is 12.9. The minimum Gasteiger partial charge on any atom is -0.411 e. The Labute approximate surface area is 161 Å². The van der Waals surface area contributed by atoms with Crippen LogP contribution in [0.25, 0.3) is 11.5 Å². The fraction of sp³-hybridized carbons (Fsp3) is 0.250. The van der Waals surface area contributed by atoms with Crippen molar-refractivity contribution in [3.8, 4) is 11.5 Å². The highest BCUT2D eigenvalue weighted by atomic mass is 32.2. The van der Waals surface area contributed by atoms with Gasteiger partial charge in [-0.3, -0.25) is 4.79 Å². The molecule has 1 aromatic heterocycles. The zero-order valence-corrected chi connectivity index (χ0v) is 16.2. The molecule has 3 rings (SSSR count). The lowest BCUT2D eigenvalue weighted by Crippen LogP contribution is -2.28. The van der Waals surface area contributed by atoms with E-state index in [1.165, 1.54) is 11.6 Å². The second-order valence-electron chi connectivity index (χ2n) is 6.32. The molecule has 2 aromatic carbocycles. The molecule has 1 amide bonds. The molecule has 0 unspecified atom stereocenters. The molecule has 0 aliphatic heterocycles. The Morgan fingerprint density at radius 2 is 1.96 bits per heavy atom. The molecule has 0 atom stereocenters. The van der Waals surface area contributed by atoms with Gasteiger partial charge in [0.05, 0.1) is 11.3 Å². The fourth-order valence-electron chi connectivity index (χ4n) is 2.61. The number of amides is 1. The Kier molecular flexibility index (Phi) is 5.91. The minimum absolute atomic E-state index is 0.0504. The van der Waals surface area contributed by atoms with Gasteiger partial charge in [-0.25, -0.2) is 4.39 Å². The summed E-state index contributed by atoms with van der Waals surface area (Å²) in [5.74, 6) is -0.209. The minimum atomic E-state index is -0.429. The first kappa shape index (κ1) is 19.1. The summed E-state index contributed by atoms with van der Waals surface area (Å²) in [4.78, 5) is 14.1. The van der Waals surface area contributed by atoms with Crippen LogP contribution in [0, 0.1) is 19.7 Å². The number of nitrogens with zero attached hydrogens (tertiary/aromatic N) is 3. The van der Waals surface area contributed by atoms with E-state index in [9.17, 15) is 9.18 Å². The van der Waals surface area contributed by atoms with Crippen LogP contribution in [0.3, 0.4) is 0 Å². The highest BCUT2D eigenvalue weighted by Crippen LogP contribution is 2.25. The third-order valence-corrected chi connectivity index (χ3v) is 4.96. The summed E-state index contributed by atoms with van der Waals surface area (Å²) in [5.41, 5.74) is 3.72. The van der Waals surface area contributed by atoms with Crippen molar-refractivity contribution in [1.29, 1.82) is 0 Å². The van der Waals surface area contributed by atoms with Crippen LogP contribution < -0.4 is 0 Å². The smallest absolute Gasteiger partial charge is 0.277 e. The number of hydrogen-bond acceptors (Lipinski definition) is 5. The molecule has 0 fully saturated rings. The monoisotopic (exact) mass is 385 g/mol. The average Bonchev–Trinajstić information content (AvgIpc) is 3.11. The second-order valence-corrected chi connectivity index (χ2v) is 7.25. The normalized spacial score (nSPS) is 10.8. The summed E-state index contributed by atoms with van der Waals surface area (Å²) in [6.45, 7) is 4.62. The van der Waals surface area contributed by atoms with Crippen LogP contribution in [0.1, 0.15) is 16.7 Å². The van der Waals surface area contributed by atoms with Crippen molar-refractivity contribution in [2.45, 2.75) is 25.6 Å². The summed E-state index contributed by atoms with van der Waals surface area (Å²) in [7, 11) is 1.76. The van der Waals surface area contributed by atoms with E-state index in [-0.39, 0.29) is 28.3 Å². The summed E-state index contributed by atoms with van der Waals surface area (Å²) >= 11 is 1.14. The highest BCUT2D eigenvalue weighted by molar-refractivity contribution is 7.99. The van der Waals surface area contributed by atoms with Gasteiger partial charge in [-0.2, -0.15) is 0 Å². The molecule has 0 aliphatic carbocycles. The summed E-state index contributed by atoms with van der Waals surface area (Å²) in [6.07, 6.45) is 0. The lowest BCUT2D eigenvalue weighted by atomic mass is 10.1. The number of carbonyl (C=O) groups is 1. The Morgan fingerprint density at radius 1 is 1.19 bits per heavy atom. The zero-order chi connectivity index (χ0) is 19.4. The molecular formula is C20H20FN3O2S. The van der Waals surface area contributed by atoms with Crippen LogP contribution in [0.15, 0.2) is 52.1 Å². The predicted octanol–water partition coefficient (Wildman–Crippen LogP) is 4.24. The van der Waals surface area contributed by atoms with Crippen molar-refractivity contribution in [3.05, 3.63) is 65.0 Å². The van der Waals surface area contributed by atoms with E-state index in [0.717, 1.165) is 22.9 Å². The van der Waals surface area contributed by atoms with E-state index >= 15 is 0 Å². The number of benzene rings is 2. The molecular weight excluding hydrogens is 365 g/mol. The van der Waals surface area contributed by atoms with Gasteiger partial charge in [0.2, 0.25) is 5.91 Å². The van der Waals surface area contributed by atoms with E-state index in [4.69, 9.17) is 4.42 Å². The molecule has 0 saturated carbocycles. The van der Waals surface area contributed by atoms with Gasteiger partial charge in [-0.05, 0) is 37.1 Å². The van der Waals surface area contributed by atoms with Gasteiger partial charge in [-0.1, -0.05) is 47.7 Å². The molecule has 7 heteroatoms. The van der Waals surface area contributed by atoms with E-state index < -0.39 is 5.82 Å². The van der Waals surface area contributed by atoms with E-state index in [1.807, 2.05) is 26.0 Å². The van der Waals surface area contributed by atoms with Crippen LogP contribution in [-0.4, -0.2) is 33.8 Å². The van der Waals surface area contributed by atoms with Gasteiger partial charge in [0.15, 0.2) is 0 Å². The van der Waals surface area contributed by atoms with Crippen molar-refractivity contribution in [3.63, 3.8) is 0 Å². The third kappa shape index (κ3) is 4.74. The number of rotatable bonds is 6. The summed E-state index contributed by atoms with van der Waals surface area (Å²) in [5, 5.41) is 7.97. The van der Waals surface area contributed by atoms with Crippen molar-refractivity contribution < 1.29 is 13.6 Å². The molecule has 0 spiro atoms. The van der Waals surface area contributed by atoms with Gasteiger partial charge in [-0.15, -0.1) is 10.2 Å². The maximum atomic E-state index is 13.8. The average molecular weight is 385 g/mol. The molecule has 5 nitrogen and oxygen atoms in total. The SMILES string of the molecule is Cc1ccc(CN(C)C(=O)CSc2nnc(-c3ccccc3F)o2)c(C)c1. The molecule has 3 aromatic rings. The van der Waals surface area contributed by atoms with Crippen molar-refractivity contribution >= 4 is 17.7 Å². The first-order valence-corrected chi connectivity index (χ1v) is 9.44. The van der Waals surface area contributed by atoms with Crippen LogP contribution in [0.5, 0.6) is 0 Å². The number of hydrogen-bond donors (Lipinski definition) is 0. The fourth-order valence-corrected chi connectivity index (χ4v) is 3.32. The topological polar surface area (TPSA) is 59.2 Å². The largest absolute Gasteiger partial charge is 0.411 e. The first-order valence-electron chi connectivity index (χ1n) is 8.45. The van der Waals surface area contributed by atoms with Gasteiger partial charge in [0, 0.05) is 13.6 Å². The van der Waals surface area contributed by atoms with Crippen LogP contribution in [0.2, 0.25) is 0 Å². The summed E-state index contributed by atoms with van der Waals surface area (Å²) in [6, 6.07) is 12.4. The third-order valence-electron chi connectivity index (χ3n) is 4.16. The van der Waals surface area contributed by atoms with Crippen molar-refractivity contribution in [2.24, 2.45) is 0 Å². The molecule has 1 heterocycles. The summed E-state index contributed by atoms with van der Waals surface area (Å²) < 4.78 is 19.2. The van der Waals surface area contributed by atoms with Crippen LogP contribution in [0.4, 0.5) is 4.39 Å². The molecule has 0 N–H and O–H groups in total. The molecule has 140 valence electrons. The van der Waals surface area contributed by atoms with Gasteiger partial charge in [0.25, 0.3) is 11.1 Å². The second kappa shape index (κ2) is 8.35. The number of halogens is 1. The quantitative estimate of drug-likeness (QED) is 0.594. The lowest BCUT2D eigenvalue weighted by Gasteiger charge is -2.18. The van der Waals surface area contributed by atoms with Gasteiger partial charge in [0.1, 0.15) is 5.82 Å². The van der Waals surface area contributed by atoms with E-state index in [2.05, 4.69) is 16.3 Å². The van der Waals surface area contributed by atoms with Crippen LogP contribution in [-0.2, 0) is 11.3 Å². The molecule has 0 bridgehead atoms. The maximum absolute atomic E-state index is 13.8. The standard InChI is InChI=1S/C20H20FN3O2S/c1-13-8-9-15(14(2)10-13)11-24(3)18(25)12-27-20-23-22-19(26-20)16-6-4-5-7-17(16)21/h4-10H,11-12H2,1-3H3. The van der Waals surface area contributed by atoms with Gasteiger partial charge >= 0.3 is 0 Å². The maximum Gasteiger partial charge on any atom is 0.277 e. The van der Waals surface area contributed by atoms with Crippen molar-refractivity contribution in [2.75, 3.05) is 12.8 Å². The highest BCUT2D eigenvalue weighted by Gasteiger charge is 2.16. The lowest BCUT2D eigenvalue weighted by molar-refractivity contribution is -0.127. The Hall–Kier alpha value is -2.67. The molecule has 0 radical (unpaired) electrons. The predicted molar refractivity (Wildman–Crippen MR) is 103 cm³/mol. The van der Waals surface area contributed by atoms with Gasteiger partial charge < -0.3 is 9.32 Å². The number of aromatic nitrogens is 2. The Bertz CT molecular complexity index is 958. The number of carbonyl (C=O) groups excluding carboxylic acids is 1. The zero-order valence-electron chi connectivity index (χ0n) is 15.4. The Balaban J connectivity index is 1.58. The molecule has 27 heavy (non-hydrogen) atoms. The van der Waals surface area contributed by atoms with Crippen LogP contribution >= 0.6 is 11.8 Å². The van der Waals surface area contributed by atoms with Crippen molar-refractivity contribution in [1.82, 2.24) is 15.1 Å². The van der Waals surface area contributed by atoms with E-state index in [0.29, 0.717) is 6.54 Å². The Morgan fingerprint density at radius 3 is 2.70 bits per heavy atom. The molecule has 0 aliphatic rings. The number of thioether (sulfide) groups is 1.